The van der Waals surface area contributed by atoms with Gasteiger partial charge in [-0.25, -0.2) is 0 Å². The highest BCUT2D eigenvalue weighted by molar-refractivity contribution is 5.94. The molecule has 0 bridgehead atoms. The molecule has 0 aliphatic carbocycles. The number of rotatable bonds is 5. The minimum Gasteiger partial charge on any atom is -0.372 e. The number of amides is 1. The highest BCUT2D eigenvalue weighted by Gasteiger charge is 2.25. The number of piperidine rings is 1. The maximum atomic E-state index is 12.7. The fourth-order valence-electron chi connectivity index (χ4n) is 4.25. The van der Waals surface area contributed by atoms with E-state index in [0.717, 1.165) is 37.6 Å². The smallest absolute Gasteiger partial charge is 0.224 e. The van der Waals surface area contributed by atoms with Crippen LogP contribution < -0.4 is 15.5 Å². The van der Waals surface area contributed by atoms with E-state index in [9.17, 15) is 4.79 Å². The lowest BCUT2D eigenvalue weighted by Gasteiger charge is -2.37. The standard InChI is InChI=1S/C21H33N3O2/c1-15(18-7-6-10-22-12-18)11-21(25)23-19-8-4-5-9-20(19)24-13-16(2)26-17(3)14-24/h4-5,8-9,15-18,22H,6-7,10-14H2,1-3H3,(H,23,25). The number of ether oxygens (including phenoxy) is 1. The highest BCUT2D eigenvalue weighted by atomic mass is 16.5. The van der Waals surface area contributed by atoms with Gasteiger partial charge in [0.15, 0.2) is 0 Å². The monoisotopic (exact) mass is 359 g/mol. The molecule has 2 aliphatic rings. The fourth-order valence-corrected chi connectivity index (χ4v) is 4.25. The van der Waals surface area contributed by atoms with E-state index in [1.807, 2.05) is 18.2 Å². The van der Waals surface area contributed by atoms with E-state index in [0.29, 0.717) is 18.3 Å². The molecule has 2 saturated heterocycles. The number of hydrogen-bond donors (Lipinski definition) is 2. The Morgan fingerprint density at radius 2 is 2.04 bits per heavy atom. The SMILES string of the molecule is CC1CN(c2ccccc2NC(=O)CC(C)C2CCCNC2)CC(C)O1. The van der Waals surface area contributed by atoms with Crippen molar-refractivity contribution in [3.8, 4) is 0 Å². The lowest BCUT2D eigenvalue weighted by molar-refractivity contribution is -0.117. The van der Waals surface area contributed by atoms with Crippen LogP contribution in [0.4, 0.5) is 11.4 Å². The van der Waals surface area contributed by atoms with E-state index in [1.54, 1.807) is 0 Å². The fraction of sp³-hybridized carbons (Fsp3) is 0.667. The second kappa shape index (κ2) is 8.87. The largest absolute Gasteiger partial charge is 0.372 e. The van der Waals surface area contributed by atoms with E-state index in [-0.39, 0.29) is 18.1 Å². The number of benzene rings is 1. The Hall–Kier alpha value is -1.59. The molecule has 26 heavy (non-hydrogen) atoms. The predicted molar refractivity (Wildman–Crippen MR) is 107 cm³/mol. The summed E-state index contributed by atoms with van der Waals surface area (Å²) in [6, 6.07) is 8.12. The zero-order valence-electron chi connectivity index (χ0n) is 16.3. The molecule has 0 spiro atoms. The molecular weight excluding hydrogens is 326 g/mol. The van der Waals surface area contributed by atoms with Gasteiger partial charge in [0.05, 0.1) is 23.6 Å². The van der Waals surface area contributed by atoms with Crippen molar-refractivity contribution in [1.29, 1.82) is 0 Å². The molecule has 0 aromatic heterocycles. The average Bonchev–Trinajstić information content (AvgIpc) is 2.62. The van der Waals surface area contributed by atoms with Crippen molar-refractivity contribution in [2.24, 2.45) is 11.8 Å². The molecule has 1 aromatic carbocycles. The summed E-state index contributed by atoms with van der Waals surface area (Å²) in [5.74, 6) is 1.12. The molecule has 5 nitrogen and oxygen atoms in total. The minimum atomic E-state index is 0.116. The number of nitrogens with zero attached hydrogens (tertiary/aromatic N) is 1. The van der Waals surface area contributed by atoms with Crippen LogP contribution in [0.25, 0.3) is 0 Å². The van der Waals surface area contributed by atoms with Gasteiger partial charge in [0.25, 0.3) is 0 Å². The van der Waals surface area contributed by atoms with Crippen molar-refractivity contribution >= 4 is 17.3 Å². The molecule has 5 heteroatoms. The number of carbonyl (C=O) groups excluding carboxylic acids is 1. The number of para-hydroxylation sites is 2. The Bertz CT molecular complexity index is 591. The Morgan fingerprint density at radius 1 is 1.31 bits per heavy atom. The Kier molecular flexibility index (Phi) is 6.54. The molecule has 2 N–H and O–H groups in total. The third kappa shape index (κ3) is 4.98. The molecule has 1 amide bonds. The van der Waals surface area contributed by atoms with Crippen molar-refractivity contribution < 1.29 is 9.53 Å². The van der Waals surface area contributed by atoms with Crippen LogP contribution in [0.1, 0.15) is 40.0 Å². The topological polar surface area (TPSA) is 53.6 Å². The molecule has 2 heterocycles. The van der Waals surface area contributed by atoms with Crippen LogP contribution in [0, 0.1) is 11.8 Å². The van der Waals surface area contributed by atoms with Gasteiger partial charge >= 0.3 is 0 Å². The first-order chi connectivity index (χ1) is 12.5. The molecule has 0 saturated carbocycles. The summed E-state index contributed by atoms with van der Waals surface area (Å²) >= 11 is 0. The van der Waals surface area contributed by atoms with Gasteiger partial charge in [-0.1, -0.05) is 19.1 Å². The average molecular weight is 360 g/mol. The van der Waals surface area contributed by atoms with Crippen molar-refractivity contribution in [3.63, 3.8) is 0 Å². The van der Waals surface area contributed by atoms with Gasteiger partial charge in [-0.05, 0) is 63.7 Å². The first-order valence-corrected chi connectivity index (χ1v) is 10.0. The van der Waals surface area contributed by atoms with Crippen LogP contribution in [0.3, 0.4) is 0 Å². The Balaban J connectivity index is 1.63. The molecule has 0 radical (unpaired) electrons. The number of carbonyl (C=O) groups is 1. The third-order valence-electron chi connectivity index (χ3n) is 5.59. The Morgan fingerprint density at radius 3 is 2.73 bits per heavy atom. The lowest BCUT2D eigenvalue weighted by atomic mass is 9.85. The molecule has 4 unspecified atom stereocenters. The van der Waals surface area contributed by atoms with Crippen molar-refractivity contribution in [2.75, 3.05) is 36.4 Å². The van der Waals surface area contributed by atoms with E-state index < -0.39 is 0 Å². The summed E-state index contributed by atoms with van der Waals surface area (Å²) in [7, 11) is 0. The van der Waals surface area contributed by atoms with E-state index in [1.165, 1.54) is 12.8 Å². The van der Waals surface area contributed by atoms with Gasteiger partial charge in [0, 0.05) is 19.5 Å². The molecule has 4 atom stereocenters. The molecule has 2 fully saturated rings. The minimum absolute atomic E-state index is 0.116. The first kappa shape index (κ1) is 19.2. The zero-order chi connectivity index (χ0) is 18.5. The summed E-state index contributed by atoms with van der Waals surface area (Å²) in [4.78, 5) is 15.0. The maximum Gasteiger partial charge on any atom is 0.224 e. The van der Waals surface area contributed by atoms with E-state index in [2.05, 4.69) is 42.4 Å². The van der Waals surface area contributed by atoms with Crippen LogP contribution in [0.2, 0.25) is 0 Å². The summed E-state index contributed by atoms with van der Waals surface area (Å²) in [6.45, 7) is 10.2. The summed E-state index contributed by atoms with van der Waals surface area (Å²) < 4.78 is 5.84. The molecule has 3 rings (SSSR count). The molecular formula is C21H33N3O2. The van der Waals surface area contributed by atoms with Gasteiger partial charge in [-0.2, -0.15) is 0 Å². The predicted octanol–water partition coefficient (Wildman–Crippen LogP) is 3.26. The first-order valence-electron chi connectivity index (χ1n) is 10.0. The number of hydrogen-bond acceptors (Lipinski definition) is 4. The summed E-state index contributed by atoms with van der Waals surface area (Å²) in [5, 5.41) is 6.61. The Labute approximate surface area is 157 Å². The number of nitrogens with one attached hydrogen (secondary N) is 2. The van der Waals surface area contributed by atoms with Gasteiger partial charge in [0.1, 0.15) is 0 Å². The second-order valence-corrected chi connectivity index (χ2v) is 8.02. The molecule has 2 aliphatic heterocycles. The van der Waals surface area contributed by atoms with Crippen LogP contribution in [-0.2, 0) is 9.53 Å². The van der Waals surface area contributed by atoms with Gasteiger partial charge < -0.3 is 20.3 Å². The third-order valence-corrected chi connectivity index (χ3v) is 5.59. The van der Waals surface area contributed by atoms with Gasteiger partial charge in [-0.15, -0.1) is 0 Å². The maximum absolute atomic E-state index is 12.7. The van der Waals surface area contributed by atoms with Gasteiger partial charge in [-0.3, -0.25) is 4.79 Å². The summed E-state index contributed by atoms with van der Waals surface area (Å²) in [6.07, 6.45) is 3.41. The quantitative estimate of drug-likeness (QED) is 0.847. The van der Waals surface area contributed by atoms with Crippen LogP contribution >= 0.6 is 0 Å². The van der Waals surface area contributed by atoms with E-state index in [4.69, 9.17) is 4.74 Å². The van der Waals surface area contributed by atoms with Gasteiger partial charge in [0.2, 0.25) is 5.91 Å². The molecule has 144 valence electrons. The summed E-state index contributed by atoms with van der Waals surface area (Å²) in [5.41, 5.74) is 2.00. The van der Waals surface area contributed by atoms with Crippen LogP contribution in [-0.4, -0.2) is 44.3 Å². The highest BCUT2D eigenvalue weighted by Crippen LogP contribution is 2.29. The van der Waals surface area contributed by atoms with Crippen molar-refractivity contribution in [3.05, 3.63) is 24.3 Å². The second-order valence-electron chi connectivity index (χ2n) is 8.02. The van der Waals surface area contributed by atoms with Crippen molar-refractivity contribution in [1.82, 2.24) is 5.32 Å². The van der Waals surface area contributed by atoms with Crippen molar-refractivity contribution in [2.45, 2.75) is 52.2 Å². The van der Waals surface area contributed by atoms with Crippen LogP contribution in [0.15, 0.2) is 24.3 Å². The molecule has 1 aromatic rings. The van der Waals surface area contributed by atoms with E-state index >= 15 is 0 Å². The lowest BCUT2D eigenvalue weighted by Crippen LogP contribution is -2.45. The zero-order valence-corrected chi connectivity index (χ0v) is 16.3. The number of morpholine rings is 1. The van der Waals surface area contributed by atoms with Crippen LogP contribution in [0.5, 0.6) is 0 Å². The normalized spacial score (nSPS) is 27.8. The number of anilines is 2.